The molecular formula is C25H24F2N2O3S. The summed E-state index contributed by atoms with van der Waals surface area (Å²) in [5, 5.41) is 10.1. The van der Waals surface area contributed by atoms with Gasteiger partial charge in [0.15, 0.2) is 0 Å². The average molecular weight is 471 g/mol. The molecule has 0 aromatic heterocycles. The van der Waals surface area contributed by atoms with Crippen molar-refractivity contribution in [3.05, 3.63) is 83.9 Å². The lowest BCUT2D eigenvalue weighted by Crippen LogP contribution is -2.48. The highest BCUT2D eigenvalue weighted by Gasteiger charge is 2.50. The first-order chi connectivity index (χ1) is 15.8. The molecular weight excluding hydrogens is 446 g/mol. The normalized spacial score (nSPS) is 22.8. The third-order valence-electron chi connectivity index (χ3n) is 6.86. The fraction of sp³-hybridized carbons (Fsp3) is 0.280. The van der Waals surface area contributed by atoms with E-state index in [2.05, 4.69) is 0 Å². The lowest BCUT2D eigenvalue weighted by molar-refractivity contribution is 0.193. The Bertz CT molecular complexity index is 1310. The van der Waals surface area contributed by atoms with Gasteiger partial charge in [-0.3, -0.25) is 0 Å². The highest BCUT2D eigenvalue weighted by molar-refractivity contribution is 7.89. The summed E-state index contributed by atoms with van der Waals surface area (Å²) in [6.07, 6.45) is 0.568. The van der Waals surface area contributed by atoms with Crippen LogP contribution in [0.4, 0.5) is 14.5 Å². The summed E-state index contributed by atoms with van der Waals surface area (Å²) in [4.78, 5) is 1.90. The number of sulfonamides is 1. The molecule has 2 aliphatic rings. The van der Waals surface area contributed by atoms with E-state index >= 15 is 0 Å². The molecule has 0 radical (unpaired) electrons. The van der Waals surface area contributed by atoms with Gasteiger partial charge in [0.1, 0.15) is 11.6 Å². The maximum Gasteiger partial charge on any atom is 0.243 e. The highest BCUT2D eigenvalue weighted by atomic mass is 32.2. The zero-order valence-corrected chi connectivity index (χ0v) is 18.8. The van der Waals surface area contributed by atoms with Crippen molar-refractivity contribution in [1.29, 1.82) is 0 Å². The molecule has 0 amide bonds. The summed E-state index contributed by atoms with van der Waals surface area (Å²) in [6, 6.07) is 16.2. The average Bonchev–Trinajstić information content (AvgIpc) is 3.25. The van der Waals surface area contributed by atoms with Crippen LogP contribution in [0, 0.1) is 17.6 Å². The molecule has 3 atom stereocenters. The van der Waals surface area contributed by atoms with Gasteiger partial charge < -0.3 is 10.0 Å². The van der Waals surface area contributed by atoms with Gasteiger partial charge in [0, 0.05) is 25.2 Å². The smallest absolute Gasteiger partial charge is 0.243 e. The van der Waals surface area contributed by atoms with Crippen molar-refractivity contribution in [2.75, 3.05) is 25.1 Å². The van der Waals surface area contributed by atoms with Crippen LogP contribution < -0.4 is 4.90 Å². The van der Waals surface area contributed by atoms with Crippen LogP contribution in [-0.4, -0.2) is 44.1 Å². The maximum absolute atomic E-state index is 13.9. The number of anilines is 1. The van der Waals surface area contributed by atoms with Crippen molar-refractivity contribution in [3.8, 4) is 11.1 Å². The van der Waals surface area contributed by atoms with Crippen LogP contribution in [0.5, 0.6) is 0 Å². The standard InChI is InChI=1S/C25H24F2N2O3S/c1-28-23-9-8-17(16-4-2-5-18(26)12-16)13-22(23)25-21(24(28)15-30)10-11-29(25)33(31,32)20-7-3-6-19(27)14-20/h2-9,12-14,21,24-25,30H,10-11,15H2,1H3/t21-,24-,25-/m1/s1. The number of benzene rings is 3. The van der Waals surface area contributed by atoms with E-state index in [0.717, 1.165) is 22.9 Å². The Balaban J connectivity index is 1.65. The Morgan fingerprint density at radius 2 is 1.67 bits per heavy atom. The van der Waals surface area contributed by atoms with Gasteiger partial charge in [-0.1, -0.05) is 24.3 Å². The van der Waals surface area contributed by atoms with Crippen molar-refractivity contribution in [1.82, 2.24) is 4.31 Å². The lowest BCUT2D eigenvalue weighted by Gasteiger charge is -2.44. The Kier molecular flexibility index (Phi) is 5.47. The summed E-state index contributed by atoms with van der Waals surface area (Å²) in [5.74, 6) is -1.10. The second kappa shape index (κ2) is 8.20. The highest BCUT2D eigenvalue weighted by Crippen LogP contribution is 2.51. The van der Waals surface area contributed by atoms with E-state index in [0.29, 0.717) is 12.0 Å². The zero-order chi connectivity index (χ0) is 23.3. The molecule has 8 heteroatoms. The molecule has 0 bridgehead atoms. The zero-order valence-electron chi connectivity index (χ0n) is 18.0. The first-order valence-corrected chi connectivity index (χ1v) is 12.3. The molecule has 172 valence electrons. The Morgan fingerprint density at radius 3 is 2.36 bits per heavy atom. The molecule has 5 rings (SSSR count). The fourth-order valence-electron chi connectivity index (χ4n) is 5.29. The molecule has 1 N–H and O–H groups in total. The molecule has 0 saturated carbocycles. The van der Waals surface area contributed by atoms with E-state index in [1.807, 2.05) is 30.1 Å². The Hall–Kier alpha value is -2.81. The number of likely N-dealkylation sites (N-methyl/N-ethyl adjacent to an activating group) is 1. The van der Waals surface area contributed by atoms with Gasteiger partial charge in [0.05, 0.1) is 23.6 Å². The predicted molar refractivity (Wildman–Crippen MR) is 122 cm³/mol. The monoisotopic (exact) mass is 470 g/mol. The number of aliphatic hydroxyl groups excluding tert-OH is 1. The molecule has 2 heterocycles. The summed E-state index contributed by atoms with van der Waals surface area (Å²) >= 11 is 0. The predicted octanol–water partition coefficient (Wildman–Crippen LogP) is 4.19. The molecule has 0 spiro atoms. The van der Waals surface area contributed by atoms with E-state index in [-0.39, 0.29) is 35.8 Å². The van der Waals surface area contributed by atoms with Crippen molar-refractivity contribution in [3.63, 3.8) is 0 Å². The molecule has 3 aromatic carbocycles. The van der Waals surface area contributed by atoms with Gasteiger partial charge in [-0.05, 0) is 65.6 Å². The lowest BCUT2D eigenvalue weighted by atomic mass is 9.81. The first kappa shape index (κ1) is 22.0. The largest absolute Gasteiger partial charge is 0.394 e. The van der Waals surface area contributed by atoms with Gasteiger partial charge in [0.2, 0.25) is 10.0 Å². The second-order valence-corrected chi connectivity index (χ2v) is 10.5. The molecule has 1 saturated heterocycles. The minimum atomic E-state index is -3.97. The molecule has 33 heavy (non-hydrogen) atoms. The molecule has 1 fully saturated rings. The number of nitrogens with zero attached hydrogens (tertiary/aromatic N) is 2. The Morgan fingerprint density at radius 1 is 0.970 bits per heavy atom. The van der Waals surface area contributed by atoms with Crippen molar-refractivity contribution in [2.45, 2.75) is 23.4 Å². The third kappa shape index (κ3) is 3.62. The van der Waals surface area contributed by atoms with Crippen LogP contribution in [0.15, 0.2) is 71.6 Å². The maximum atomic E-state index is 13.9. The number of aliphatic hydroxyl groups is 1. The van der Waals surface area contributed by atoms with Crippen LogP contribution in [0.25, 0.3) is 11.1 Å². The summed E-state index contributed by atoms with van der Waals surface area (Å²) < 4.78 is 56.2. The molecule has 0 aliphatic carbocycles. The molecule has 3 aromatic rings. The van der Waals surface area contributed by atoms with Gasteiger partial charge in [-0.2, -0.15) is 4.31 Å². The van der Waals surface area contributed by atoms with Gasteiger partial charge in [0.25, 0.3) is 0 Å². The second-order valence-electron chi connectivity index (χ2n) is 8.62. The number of fused-ring (bicyclic) bond motifs is 3. The topological polar surface area (TPSA) is 60.9 Å². The number of hydrogen-bond acceptors (Lipinski definition) is 4. The van der Waals surface area contributed by atoms with Crippen LogP contribution >= 0.6 is 0 Å². The first-order valence-electron chi connectivity index (χ1n) is 10.8. The minimum absolute atomic E-state index is 0.0922. The van der Waals surface area contributed by atoms with E-state index in [9.17, 15) is 22.3 Å². The van der Waals surface area contributed by atoms with Crippen LogP contribution in [-0.2, 0) is 10.0 Å². The number of halogens is 2. The van der Waals surface area contributed by atoms with Crippen LogP contribution in [0.1, 0.15) is 18.0 Å². The molecule has 5 nitrogen and oxygen atoms in total. The van der Waals surface area contributed by atoms with Crippen molar-refractivity contribution < 1.29 is 22.3 Å². The van der Waals surface area contributed by atoms with Gasteiger partial charge in [-0.15, -0.1) is 0 Å². The fourth-order valence-corrected chi connectivity index (χ4v) is 6.99. The van der Waals surface area contributed by atoms with Crippen LogP contribution in [0.3, 0.4) is 0 Å². The third-order valence-corrected chi connectivity index (χ3v) is 8.74. The van der Waals surface area contributed by atoms with E-state index < -0.39 is 21.9 Å². The quantitative estimate of drug-likeness (QED) is 0.621. The van der Waals surface area contributed by atoms with Crippen molar-refractivity contribution in [2.24, 2.45) is 5.92 Å². The van der Waals surface area contributed by atoms with Gasteiger partial charge >= 0.3 is 0 Å². The SMILES string of the molecule is CN1c2ccc(-c3cccc(F)c3)cc2[C@H]2[C@H](CCN2S(=O)(=O)c2cccc(F)c2)[C@H]1CO. The summed E-state index contributed by atoms with van der Waals surface area (Å²) in [5.41, 5.74) is 3.08. The molecule has 2 aliphatic heterocycles. The summed E-state index contributed by atoms with van der Waals surface area (Å²) in [6.45, 7) is 0.152. The Labute approximate surface area is 191 Å². The van der Waals surface area contributed by atoms with Crippen LogP contribution in [0.2, 0.25) is 0 Å². The molecule has 0 unspecified atom stereocenters. The van der Waals surface area contributed by atoms with Crippen molar-refractivity contribution >= 4 is 15.7 Å². The van der Waals surface area contributed by atoms with E-state index in [1.165, 1.54) is 34.6 Å². The summed E-state index contributed by atoms with van der Waals surface area (Å²) in [7, 11) is -2.08. The number of hydrogen-bond donors (Lipinski definition) is 1. The van der Waals surface area contributed by atoms with E-state index in [1.54, 1.807) is 12.1 Å². The van der Waals surface area contributed by atoms with E-state index in [4.69, 9.17) is 0 Å². The number of rotatable bonds is 4. The van der Waals surface area contributed by atoms with Gasteiger partial charge in [-0.25, -0.2) is 17.2 Å². The minimum Gasteiger partial charge on any atom is -0.394 e.